The molecule has 2 aromatic heterocycles. The van der Waals surface area contributed by atoms with Crippen molar-refractivity contribution in [3.63, 3.8) is 0 Å². The topological polar surface area (TPSA) is 46.9 Å². The molecule has 3 rings (SSSR count). The lowest BCUT2D eigenvalue weighted by molar-refractivity contribution is 0.0944. The van der Waals surface area contributed by atoms with E-state index in [1.165, 1.54) is 11.3 Å². The number of halogens is 2. The van der Waals surface area contributed by atoms with Crippen molar-refractivity contribution in [2.75, 3.05) is 0 Å². The lowest BCUT2D eigenvalue weighted by Gasteiger charge is -2.15. The Morgan fingerprint density at radius 2 is 2.09 bits per heavy atom. The van der Waals surface area contributed by atoms with E-state index in [1.807, 2.05) is 33.0 Å². The summed E-state index contributed by atoms with van der Waals surface area (Å²) in [6.45, 7) is 3.83. The van der Waals surface area contributed by atoms with Crippen LogP contribution >= 0.6 is 34.5 Å². The van der Waals surface area contributed by atoms with Gasteiger partial charge >= 0.3 is 0 Å². The average Bonchev–Trinajstić information content (AvgIpc) is 3.01. The van der Waals surface area contributed by atoms with Gasteiger partial charge in [-0.2, -0.15) is 5.10 Å². The molecule has 0 aliphatic rings. The summed E-state index contributed by atoms with van der Waals surface area (Å²) in [5.74, 6) is -0.121. The number of hydrogen-bond acceptors (Lipinski definition) is 3. The van der Waals surface area contributed by atoms with Crippen molar-refractivity contribution in [2.45, 2.75) is 19.9 Å². The Balaban J connectivity index is 1.83. The van der Waals surface area contributed by atoms with Crippen LogP contribution < -0.4 is 5.32 Å². The molecule has 4 nitrogen and oxygen atoms in total. The largest absolute Gasteiger partial charge is 0.345 e. The molecular weight excluding hydrogens is 353 g/mol. The van der Waals surface area contributed by atoms with E-state index in [1.54, 1.807) is 16.8 Å². The van der Waals surface area contributed by atoms with Crippen LogP contribution in [0.4, 0.5) is 0 Å². The van der Waals surface area contributed by atoms with Crippen LogP contribution in [0.5, 0.6) is 0 Å². The minimum absolute atomic E-state index is 0.121. The molecule has 23 heavy (non-hydrogen) atoms. The van der Waals surface area contributed by atoms with E-state index in [-0.39, 0.29) is 11.9 Å². The molecule has 1 N–H and O–H groups in total. The SMILES string of the molecule is Cc1nn(C)c2sc(C(=O)N[C@@H](C)c3ccc(Cl)cc3Cl)cc12. The van der Waals surface area contributed by atoms with Crippen molar-refractivity contribution < 1.29 is 4.79 Å². The Labute approximate surface area is 148 Å². The lowest BCUT2D eigenvalue weighted by Crippen LogP contribution is -2.26. The molecule has 120 valence electrons. The van der Waals surface area contributed by atoms with Gasteiger partial charge in [-0.15, -0.1) is 11.3 Å². The van der Waals surface area contributed by atoms with Crippen LogP contribution in [-0.2, 0) is 7.05 Å². The zero-order valence-corrected chi connectivity index (χ0v) is 15.2. The predicted molar refractivity (Wildman–Crippen MR) is 95.7 cm³/mol. The summed E-state index contributed by atoms with van der Waals surface area (Å²) in [4.78, 5) is 14.1. The molecule has 0 fully saturated rings. The number of benzene rings is 1. The van der Waals surface area contributed by atoms with Crippen LogP contribution in [0.3, 0.4) is 0 Å². The monoisotopic (exact) mass is 367 g/mol. The highest BCUT2D eigenvalue weighted by molar-refractivity contribution is 7.20. The summed E-state index contributed by atoms with van der Waals surface area (Å²) in [6.07, 6.45) is 0. The van der Waals surface area contributed by atoms with Crippen LogP contribution in [0.2, 0.25) is 10.0 Å². The van der Waals surface area contributed by atoms with Gasteiger partial charge < -0.3 is 5.32 Å². The summed E-state index contributed by atoms with van der Waals surface area (Å²) in [6, 6.07) is 6.94. The zero-order valence-electron chi connectivity index (χ0n) is 12.9. The minimum Gasteiger partial charge on any atom is -0.345 e. The summed E-state index contributed by atoms with van der Waals surface area (Å²) < 4.78 is 1.80. The standard InChI is InChI=1S/C16H15Cl2N3OS/c1-8(11-5-4-10(17)6-13(11)18)19-15(22)14-7-12-9(2)20-21(3)16(12)23-14/h4-8H,1-3H3,(H,19,22)/t8-/m0/s1. The maximum Gasteiger partial charge on any atom is 0.261 e. The second kappa shape index (κ2) is 6.15. The third-order valence-corrected chi connectivity index (χ3v) is 5.46. The van der Waals surface area contributed by atoms with E-state index < -0.39 is 0 Å². The average molecular weight is 368 g/mol. The molecular formula is C16H15Cl2N3OS. The van der Waals surface area contributed by atoms with Crippen LogP contribution in [0.15, 0.2) is 24.3 Å². The van der Waals surface area contributed by atoms with E-state index in [0.29, 0.717) is 14.9 Å². The van der Waals surface area contributed by atoms with Crippen LogP contribution in [0.1, 0.15) is 33.9 Å². The van der Waals surface area contributed by atoms with Gasteiger partial charge in [0, 0.05) is 22.5 Å². The molecule has 7 heteroatoms. The number of carbonyl (C=O) groups is 1. The summed E-state index contributed by atoms with van der Waals surface area (Å²) in [5, 5.41) is 9.45. The van der Waals surface area contributed by atoms with Gasteiger partial charge in [0.05, 0.1) is 16.6 Å². The van der Waals surface area contributed by atoms with Crippen molar-refractivity contribution in [3.05, 3.63) is 50.4 Å². The highest BCUT2D eigenvalue weighted by atomic mass is 35.5. The number of aromatic nitrogens is 2. The number of amides is 1. The zero-order chi connectivity index (χ0) is 16.7. The fourth-order valence-corrected chi connectivity index (χ4v) is 4.11. The Morgan fingerprint density at radius 1 is 1.35 bits per heavy atom. The molecule has 1 aromatic carbocycles. The second-order valence-corrected chi connectivity index (χ2v) is 7.27. The molecule has 0 radical (unpaired) electrons. The summed E-state index contributed by atoms with van der Waals surface area (Å²) >= 11 is 13.5. The molecule has 0 spiro atoms. The molecule has 0 bridgehead atoms. The van der Waals surface area contributed by atoms with Gasteiger partial charge in [-0.1, -0.05) is 29.3 Å². The summed E-state index contributed by atoms with van der Waals surface area (Å²) in [5.41, 5.74) is 1.76. The number of rotatable bonds is 3. The van der Waals surface area contributed by atoms with Gasteiger partial charge in [-0.05, 0) is 37.6 Å². The van der Waals surface area contributed by atoms with Crippen molar-refractivity contribution in [2.24, 2.45) is 7.05 Å². The third kappa shape index (κ3) is 3.09. The van der Waals surface area contributed by atoms with E-state index in [4.69, 9.17) is 23.2 Å². The van der Waals surface area contributed by atoms with Crippen molar-refractivity contribution in [1.82, 2.24) is 15.1 Å². The van der Waals surface area contributed by atoms with E-state index >= 15 is 0 Å². The van der Waals surface area contributed by atoms with Crippen molar-refractivity contribution in [1.29, 1.82) is 0 Å². The first kappa shape index (κ1) is 16.3. The molecule has 0 aliphatic heterocycles. The Morgan fingerprint density at radius 3 is 2.74 bits per heavy atom. The number of nitrogens with zero attached hydrogens (tertiary/aromatic N) is 2. The normalized spacial score (nSPS) is 12.6. The Bertz CT molecular complexity index is 866. The van der Waals surface area contributed by atoms with E-state index in [2.05, 4.69) is 10.4 Å². The third-order valence-electron chi connectivity index (χ3n) is 3.70. The molecule has 3 aromatic rings. The van der Waals surface area contributed by atoms with Crippen LogP contribution in [0, 0.1) is 6.92 Å². The number of aryl methyl sites for hydroxylation is 2. The highest BCUT2D eigenvalue weighted by Gasteiger charge is 2.18. The number of thiophene rings is 1. The van der Waals surface area contributed by atoms with E-state index in [0.717, 1.165) is 21.5 Å². The molecule has 0 unspecified atom stereocenters. The predicted octanol–water partition coefficient (Wildman–Crippen LogP) is 4.74. The number of carbonyl (C=O) groups excluding carboxylic acids is 1. The van der Waals surface area contributed by atoms with Gasteiger partial charge in [-0.3, -0.25) is 9.48 Å². The quantitative estimate of drug-likeness (QED) is 0.726. The first-order chi connectivity index (χ1) is 10.9. The summed E-state index contributed by atoms with van der Waals surface area (Å²) in [7, 11) is 1.88. The fourth-order valence-electron chi connectivity index (χ4n) is 2.52. The van der Waals surface area contributed by atoms with Crippen molar-refractivity contribution in [3.8, 4) is 0 Å². The molecule has 0 aliphatic carbocycles. The van der Waals surface area contributed by atoms with Gasteiger partial charge in [0.25, 0.3) is 5.91 Å². The number of hydrogen-bond donors (Lipinski definition) is 1. The first-order valence-electron chi connectivity index (χ1n) is 7.05. The minimum atomic E-state index is -0.211. The molecule has 0 saturated carbocycles. The maximum absolute atomic E-state index is 12.5. The van der Waals surface area contributed by atoms with Crippen LogP contribution in [-0.4, -0.2) is 15.7 Å². The van der Waals surface area contributed by atoms with Gasteiger partial charge in [-0.25, -0.2) is 0 Å². The Kier molecular flexibility index (Phi) is 4.36. The molecule has 0 saturated heterocycles. The van der Waals surface area contributed by atoms with Gasteiger partial charge in [0.2, 0.25) is 0 Å². The lowest BCUT2D eigenvalue weighted by atomic mass is 10.1. The second-order valence-electron chi connectivity index (χ2n) is 5.40. The van der Waals surface area contributed by atoms with Crippen molar-refractivity contribution >= 4 is 50.7 Å². The Hall–Kier alpha value is -1.56. The fraction of sp³-hybridized carbons (Fsp3) is 0.250. The van der Waals surface area contributed by atoms with E-state index in [9.17, 15) is 4.79 Å². The number of fused-ring (bicyclic) bond motifs is 1. The molecule has 2 heterocycles. The maximum atomic E-state index is 12.5. The van der Waals surface area contributed by atoms with Crippen LogP contribution in [0.25, 0.3) is 10.2 Å². The number of nitrogens with one attached hydrogen (secondary N) is 1. The van der Waals surface area contributed by atoms with Gasteiger partial charge in [0.15, 0.2) is 0 Å². The molecule has 1 amide bonds. The first-order valence-corrected chi connectivity index (χ1v) is 8.63. The highest BCUT2D eigenvalue weighted by Crippen LogP contribution is 2.29. The van der Waals surface area contributed by atoms with Gasteiger partial charge in [0.1, 0.15) is 4.83 Å². The smallest absolute Gasteiger partial charge is 0.261 e. The molecule has 1 atom stereocenters.